The molecule has 28 heavy (non-hydrogen) atoms. The van der Waals surface area contributed by atoms with Crippen molar-refractivity contribution in [2.75, 3.05) is 18.5 Å². The number of nitrogens with one attached hydrogen (secondary N) is 2. The van der Waals surface area contributed by atoms with Crippen molar-refractivity contribution in [1.82, 2.24) is 20.1 Å². The number of hydrogen-bond donors (Lipinski definition) is 3. The van der Waals surface area contributed by atoms with Gasteiger partial charge in [-0.2, -0.15) is 5.10 Å². The Labute approximate surface area is 162 Å². The van der Waals surface area contributed by atoms with Crippen LogP contribution in [0, 0.1) is 0 Å². The number of urea groups is 1. The lowest BCUT2D eigenvalue weighted by molar-refractivity contribution is 0.0283. The van der Waals surface area contributed by atoms with Gasteiger partial charge in [-0.25, -0.2) is 9.78 Å². The van der Waals surface area contributed by atoms with Gasteiger partial charge in [-0.15, -0.1) is 0 Å². The highest BCUT2D eigenvalue weighted by atomic mass is 16.5. The summed E-state index contributed by atoms with van der Waals surface area (Å²) >= 11 is 0. The number of anilines is 1. The minimum atomic E-state index is -0.710. The van der Waals surface area contributed by atoms with E-state index < -0.39 is 6.10 Å². The SMILES string of the molecule is CCn1ncc2cc3nc(c21)C[C@@H](O)COC[C@@H](c1ccccc1)NC(=O)N3. The first-order chi connectivity index (χ1) is 13.6. The molecule has 2 atom stereocenters. The number of ether oxygens (including phenoxy) is 1. The molecular formula is C20H23N5O3. The molecule has 0 fully saturated rings. The molecular weight excluding hydrogens is 358 g/mol. The molecule has 0 spiro atoms. The van der Waals surface area contributed by atoms with Crippen molar-refractivity contribution in [3.05, 3.63) is 53.9 Å². The van der Waals surface area contributed by atoms with Crippen LogP contribution in [-0.2, 0) is 17.7 Å². The van der Waals surface area contributed by atoms with Crippen molar-refractivity contribution in [3.8, 4) is 0 Å². The molecule has 3 aromatic rings. The van der Waals surface area contributed by atoms with E-state index in [2.05, 4.69) is 20.7 Å². The monoisotopic (exact) mass is 381 g/mol. The summed E-state index contributed by atoms with van der Waals surface area (Å²) < 4.78 is 7.55. The minimum Gasteiger partial charge on any atom is -0.390 e. The lowest BCUT2D eigenvalue weighted by Gasteiger charge is -2.22. The van der Waals surface area contributed by atoms with Crippen LogP contribution >= 0.6 is 0 Å². The maximum Gasteiger partial charge on any atom is 0.320 e. The summed E-state index contributed by atoms with van der Waals surface area (Å²) in [6.07, 6.45) is 1.35. The summed E-state index contributed by atoms with van der Waals surface area (Å²) in [5, 5.41) is 21.4. The van der Waals surface area contributed by atoms with Gasteiger partial charge in [0, 0.05) is 18.4 Å². The van der Waals surface area contributed by atoms with Gasteiger partial charge in [-0.05, 0) is 18.6 Å². The number of hydrogen-bond acceptors (Lipinski definition) is 5. The molecule has 0 saturated carbocycles. The first kappa shape index (κ1) is 18.4. The second-order valence-corrected chi connectivity index (χ2v) is 6.81. The van der Waals surface area contributed by atoms with E-state index in [4.69, 9.17) is 4.74 Å². The number of fused-ring (bicyclic) bond motifs is 4. The highest BCUT2D eigenvalue weighted by Crippen LogP contribution is 2.23. The van der Waals surface area contributed by atoms with Gasteiger partial charge in [0.2, 0.25) is 0 Å². The fourth-order valence-electron chi connectivity index (χ4n) is 3.47. The van der Waals surface area contributed by atoms with Crippen molar-refractivity contribution in [1.29, 1.82) is 0 Å². The van der Waals surface area contributed by atoms with Gasteiger partial charge in [0.15, 0.2) is 0 Å². The van der Waals surface area contributed by atoms with Crippen molar-refractivity contribution in [3.63, 3.8) is 0 Å². The van der Waals surface area contributed by atoms with E-state index in [1.807, 2.05) is 41.9 Å². The van der Waals surface area contributed by atoms with Crippen molar-refractivity contribution in [2.24, 2.45) is 0 Å². The van der Waals surface area contributed by atoms with Crippen molar-refractivity contribution < 1.29 is 14.6 Å². The van der Waals surface area contributed by atoms with E-state index in [0.29, 0.717) is 24.5 Å². The lowest BCUT2D eigenvalue weighted by atomic mass is 10.1. The fraction of sp³-hybridized carbons (Fsp3) is 0.350. The minimum absolute atomic E-state index is 0.153. The maximum atomic E-state index is 12.6. The number of rotatable bonds is 2. The zero-order valence-electron chi connectivity index (χ0n) is 15.6. The summed E-state index contributed by atoms with van der Waals surface area (Å²) in [6, 6.07) is 10.7. The zero-order chi connectivity index (χ0) is 19.5. The van der Waals surface area contributed by atoms with E-state index >= 15 is 0 Å². The van der Waals surface area contributed by atoms with E-state index in [9.17, 15) is 9.90 Å². The number of carbonyl (C=O) groups is 1. The number of aliphatic hydroxyl groups is 1. The molecule has 1 aliphatic heterocycles. The van der Waals surface area contributed by atoms with Gasteiger partial charge >= 0.3 is 6.03 Å². The molecule has 2 bridgehead atoms. The normalized spacial score (nSPS) is 20.7. The molecule has 146 valence electrons. The molecule has 2 aromatic heterocycles. The Kier molecular flexibility index (Phi) is 5.23. The third-order valence-electron chi connectivity index (χ3n) is 4.76. The molecule has 0 unspecified atom stereocenters. The van der Waals surface area contributed by atoms with Gasteiger partial charge in [-0.3, -0.25) is 10.00 Å². The van der Waals surface area contributed by atoms with Crippen LogP contribution in [0.5, 0.6) is 0 Å². The van der Waals surface area contributed by atoms with Crippen LogP contribution < -0.4 is 10.6 Å². The number of carbonyl (C=O) groups excluding carboxylic acids is 1. The predicted molar refractivity (Wildman–Crippen MR) is 105 cm³/mol. The molecule has 1 aliphatic rings. The first-order valence-corrected chi connectivity index (χ1v) is 9.37. The summed E-state index contributed by atoms with van der Waals surface area (Å²) in [4.78, 5) is 17.1. The molecule has 2 amide bonds. The van der Waals surface area contributed by atoms with E-state index in [0.717, 1.165) is 16.5 Å². The number of aryl methyl sites for hydroxylation is 1. The Morgan fingerprint density at radius 1 is 1.29 bits per heavy atom. The second kappa shape index (κ2) is 7.95. The molecule has 0 saturated heterocycles. The average molecular weight is 381 g/mol. The van der Waals surface area contributed by atoms with Gasteiger partial charge < -0.3 is 15.2 Å². The number of nitrogens with zero attached hydrogens (tertiary/aromatic N) is 3. The summed E-state index contributed by atoms with van der Waals surface area (Å²) in [5.41, 5.74) is 2.48. The van der Waals surface area contributed by atoms with Gasteiger partial charge in [0.25, 0.3) is 0 Å². The van der Waals surface area contributed by atoms with Crippen LogP contribution in [0.3, 0.4) is 0 Å². The first-order valence-electron chi connectivity index (χ1n) is 9.37. The molecule has 3 heterocycles. The number of benzene rings is 1. The molecule has 3 N–H and O–H groups in total. The van der Waals surface area contributed by atoms with E-state index in [1.54, 1.807) is 12.3 Å². The second-order valence-electron chi connectivity index (χ2n) is 6.81. The average Bonchev–Trinajstić information content (AvgIpc) is 3.10. The molecule has 4 rings (SSSR count). The van der Waals surface area contributed by atoms with Crippen LogP contribution in [0.4, 0.5) is 10.6 Å². The van der Waals surface area contributed by atoms with Crippen LogP contribution in [-0.4, -0.2) is 45.2 Å². The topological polar surface area (TPSA) is 101 Å². The number of amides is 2. The maximum absolute atomic E-state index is 12.6. The van der Waals surface area contributed by atoms with E-state index in [1.165, 1.54) is 0 Å². The predicted octanol–water partition coefficient (Wildman–Crippen LogP) is 2.25. The largest absolute Gasteiger partial charge is 0.390 e. The Morgan fingerprint density at radius 2 is 2.11 bits per heavy atom. The number of pyridine rings is 1. The third-order valence-corrected chi connectivity index (χ3v) is 4.76. The van der Waals surface area contributed by atoms with Crippen molar-refractivity contribution >= 4 is 22.8 Å². The quantitative estimate of drug-likeness (QED) is 0.632. The highest BCUT2D eigenvalue weighted by Gasteiger charge is 2.20. The van der Waals surface area contributed by atoms with Gasteiger partial charge in [0.1, 0.15) is 5.82 Å². The standard InChI is InChI=1S/C20H23N5O3/c1-2-25-19-14(10-21-25)8-18-22-16(19)9-15(26)11-28-12-17(23-20(27)24-18)13-6-4-3-5-7-13/h3-8,10,15,17,26H,2,9,11-12H2,1H3,(H2,22,23,24,27)/t15-,17+/m1/s1. The highest BCUT2D eigenvalue weighted by molar-refractivity contribution is 5.92. The molecule has 8 nitrogen and oxygen atoms in total. The fourth-order valence-corrected chi connectivity index (χ4v) is 3.47. The van der Waals surface area contributed by atoms with Crippen LogP contribution in [0.2, 0.25) is 0 Å². The third kappa shape index (κ3) is 3.83. The number of aliphatic hydroxyl groups excluding tert-OH is 1. The lowest BCUT2D eigenvalue weighted by Crippen LogP contribution is -2.36. The Bertz CT molecular complexity index is 973. The Balaban J connectivity index is 1.68. The van der Waals surface area contributed by atoms with Crippen molar-refractivity contribution in [2.45, 2.75) is 32.0 Å². The molecule has 8 heteroatoms. The van der Waals surface area contributed by atoms with Gasteiger partial charge in [0.05, 0.1) is 42.8 Å². The van der Waals surface area contributed by atoms with Gasteiger partial charge in [-0.1, -0.05) is 30.3 Å². The molecule has 1 aromatic carbocycles. The van der Waals surface area contributed by atoms with E-state index in [-0.39, 0.29) is 25.3 Å². The Hall–Kier alpha value is -2.97. The summed E-state index contributed by atoms with van der Waals surface area (Å²) in [6.45, 7) is 3.10. The van der Waals surface area contributed by atoms with Crippen LogP contribution in [0.25, 0.3) is 10.9 Å². The summed E-state index contributed by atoms with van der Waals surface area (Å²) in [7, 11) is 0. The summed E-state index contributed by atoms with van der Waals surface area (Å²) in [5.74, 6) is 0.427. The Morgan fingerprint density at radius 3 is 2.89 bits per heavy atom. The number of aromatic nitrogens is 3. The molecule has 0 aliphatic carbocycles. The van der Waals surface area contributed by atoms with Crippen LogP contribution in [0.15, 0.2) is 42.6 Å². The molecule has 0 radical (unpaired) electrons. The van der Waals surface area contributed by atoms with Crippen LogP contribution in [0.1, 0.15) is 24.2 Å². The smallest absolute Gasteiger partial charge is 0.320 e. The zero-order valence-corrected chi connectivity index (χ0v) is 15.6.